The van der Waals surface area contributed by atoms with Crippen LogP contribution < -0.4 is 5.32 Å². The number of nitrogens with zero attached hydrogens (tertiary/aromatic N) is 1. The Morgan fingerprint density at radius 3 is 2.48 bits per heavy atom. The number of hydrogen-bond donors (Lipinski definition) is 1. The normalized spacial score (nSPS) is 11.6. The van der Waals surface area contributed by atoms with Crippen molar-refractivity contribution in [3.8, 4) is 0 Å². The summed E-state index contributed by atoms with van der Waals surface area (Å²) in [6, 6.07) is 10.9. The molecule has 132 valence electrons. The fourth-order valence-corrected chi connectivity index (χ4v) is 2.60. The highest BCUT2D eigenvalue weighted by atomic mass is 35.5. The molecule has 0 aliphatic rings. The smallest absolute Gasteiger partial charge is 0.328 e. The van der Waals surface area contributed by atoms with E-state index in [9.17, 15) is 14.9 Å². The van der Waals surface area contributed by atoms with Gasteiger partial charge >= 0.3 is 5.97 Å². The number of nitro groups is 1. The Labute approximate surface area is 154 Å². The van der Waals surface area contributed by atoms with Gasteiger partial charge in [-0.05, 0) is 18.6 Å². The molecular formula is C17H16Cl2N2O4. The molecule has 2 aromatic rings. The molecule has 0 unspecified atom stereocenters. The fraction of sp³-hybridized carbons (Fsp3) is 0.235. The summed E-state index contributed by atoms with van der Waals surface area (Å²) < 4.78 is 5.07. The lowest BCUT2D eigenvalue weighted by atomic mass is 10.1. The van der Waals surface area contributed by atoms with Gasteiger partial charge in [0.1, 0.15) is 11.7 Å². The molecule has 2 rings (SSSR count). The van der Waals surface area contributed by atoms with Crippen LogP contribution in [0.4, 0.5) is 11.4 Å². The quantitative estimate of drug-likeness (QED) is 0.433. The molecule has 1 atom stereocenters. The van der Waals surface area contributed by atoms with Crippen molar-refractivity contribution in [1.29, 1.82) is 0 Å². The van der Waals surface area contributed by atoms with Crippen molar-refractivity contribution in [3.05, 3.63) is 68.2 Å². The van der Waals surface area contributed by atoms with Crippen molar-refractivity contribution in [3.63, 3.8) is 0 Å². The maximum absolute atomic E-state index is 12.3. The molecule has 0 bridgehead atoms. The number of benzene rings is 2. The maximum atomic E-state index is 12.3. The van der Waals surface area contributed by atoms with E-state index in [2.05, 4.69) is 5.32 Å². The van der Waals surface area contributed by atoms with E-state index >= 15 is 0 Å². The Morgan fingerprint density at radius 2 is 1.88 bits per heavy atom. The van der Waals surface area contributed by atoms with Crippen LogP contribution in [0.5, 0.6) is 0 Å². The average Bonchev–Trinajstić information content (AvgIpc) is 2.58. The van der Waals surface area contributed by atoms with Crippen molar-refractivity contribution in [1.82, 2.24) is 0 Å². The Morgan fingerprint density at radius 1 is 1.24 bits per heavy atom. The zero-order valence-electron chi connectivity index (χ0n) is 13.4. The van der Waals surface area contributed by atoms with Crippen molar-refractivity contribution in [2.75, 3.05) is 11.9 Å². The largest absolute Gasteiger partial charge is 0.464 e. The van der Waals surface area contributed by atoms with E-state index in [1.165, 1.54) is 6.07 Å². The van der Waals surface area contributed by atoms with Crippen LogP contribution in [0.1, 0.15) is 12.5 Å². The van der Waals surface area contributed by atoms with Crippen LogP contribution in [0.2, 0.25) is 10.0 Å². The molecule has 0 fully saturated rings. The summed E-state index contributed by atoms with van der Waals surface area (Å²) >= 11 is 11.8. The molecule has 0 aliphatic carbocycles. The molecule has 25 heavy (non-hydrogen) atoms. The van der Waals surface area contributed by atoms with Crippen LogP contribution in [0.25, 0.3) is 0 Å². The molecule has 0 amide bonds. The van der Waals surface area contributed by atoms with Gasteiger partial charge in [0.25, 0.3) is 5.69 Å². The second kappa shape index (κ2) is 8.69. The van der Waals surface area contributed by atoms with Gasteiger partial charge in [-0.3, -0.25) is 10.1 Å². The fourth-order valence-electron chi connectivity index (χ4n) is 2.28. The van der Waals surface area contributed by atoms with Crippen molar-refractivity contribution in [2.24, 2.45) is 0 Å². The number of halogens is 2. The number of hydrogen-bond acceptors (Lipinski definition) is 5. The molecule has 1 N–H and O–H groups in total. The highest BCUT2D eigenvalue weighted by molar-refractivity contribution is 6.42. The molecule has 0 aliphatic heterocycles. The number of esters is 1. The van der Waals surface area contributed by atoms with Gasteiger partial charge in [-0.2, -0.15) is 0 Å². The van der Waals surface area contributed by atoms with Gasteiger partial charge in [-0.15, -0.1) is 0 Å². The molecule has 2 aromatic carbocycles. The molecule has 0 spiro atoms. The van der Waals surface area contributed by atoms with Crippen molar-refractivity contribution in [2.45, 2.75) is 19.4 Å². The van der Waals surface area contributed by atoms with Gasteiger partial charge in [0.2, 0.25) is 0 Å². The number of nitro benzene ring substituents is 1. The third kappa shape index (κ3) is 5.08. The highest BCUT2D eigenvalue weighted by Gasteiger charge is 2.25. The van der Waals surface area contributed by atoms with E-state index in [-0.39, 0.29) is 28.0 Å². The monoisotopic (exact) mass is 382 g/mol. The summed E-state index contributed by atoms with van der Waals surface area (Å²) in [5.41, 5.74) is 0.723. The Bertz CT molecular complexity index is 769. The molecule has 6 nitrogen and oxygen atoms in total. The van der Waals surface area contributed by atoms with E-state index in [4.69, 9.17) is 27.9 Å². The molecular weight excluding hydrogens is 367 g/mol. The van der Waals surface area contributed by atoms with E-state index in [1.54, 1.807) is 6.92 Å². The summed E-state index contributed by atoms with van der Waals surface area (Å²) in [7, 11) is 0. The van der Waals surface area contributed by atoms with Crippen LogP contribution >= 0.6 is 23.2 Å². The third-order valence-corrected chi connectivity index (χ3v) is 4.14. The topological polar surface area (TPSA) is 81.5 Å². The molecule has 0 radical (unpaired) electrons. The van der Waals surface area contributed by atoms with E-state index in [0.717, 1.165) is 11.6 Å². The van der Waals surface area contributed by atoms with Crippen molar-refractivity contribution >= 4 is 40.5 Å². The van der Waals surface area contributed by atoms with Gasteiger partial charge in [-0.25, -0.2) is 4.79 Å². The summed E-state index contributed by atoms with van der Waals surface area (Å²) in [6.07, 6.45) is 0.303. The SMILES string of the molecule is CCOC(=O)[C@H](Cc1ccccc1)Nc1cc(Cl)c(Cl)cc1[N+](=O)[O-]. The minimum absolute atomic E-state index is 0.0645. The molecule has 0 aromatic heterocycles. The number of ether oxygens (including phenoxy) is 1. The number of carbonyl (C=O) groups excluding carboxylic acids is 1. The number of anilines is 1. The lowest BCUT2D eigenvalue weighted by Crippen LogP contribution is -2.33. The molecule has 0 saturated heterocycles. The Kier molecular flexibility index (Phi) is 6.61. The van der Waals surface area contributed by atoms with Crippen LogP contribution in [-0.4, -0.2) is 23.5 Å². The maximum Gasteiger partial charge on any atom is 0.328 e. The molecule has 8 heteroatoms. The van der Waals surface area contributed by atoms with Crippen LogP contribution in [0, 0.1) is 10.1 Å². The lowest BCUT2D eigenvalue weighted by molar-refractivity contribution is -0.384. The molecule has 0 saturated carbocycles. The second-order valence-electron chi connectivity index (χ2n) is 5.18. The summed E-state index contributed by atoms with van der Waals surface area (Å²) in [5, 5.41) is 14.4. The number of carbonyl (C=O) groups is 1. The first-order valence-corrected chi connectivity index (χ1v) is 8.28. The minimum Gasteiger partial charge on any atom is -0.464 e. The lowest BCUT2D eigenvalue weighted by Gasteiger charge is -2.19. The van der Waals surface area contributed by atoms with Gasteiger partial charge in [0, 0.05) is 12.5 Å². The van der Waals surface area contributed by atoms with Crippen LogP contribution in [0.3, 0.4) is 0 Å². The number of nitrogens with one attached hydrogen (secondary N) is 1. The Hall–Kier alpha value is -2.31. The third-order valence-electron chi connectivity index (χ3n) is 3.42. The van der Waals surface area contributed by atoms with E-state index < -0.39 is 16.9 Å². The van der Waals surface area contributed by atoms with Gasteiger partial charge in [0.15, 0.2) is 0 Å². The second-order valence-corrected chi connectivity index (χ2v) is 5.99. The summed E-state index contributed by atoms with van der Waals surface area (Å²) in [5.74, 6) is -0.508. The first-order valence-electron chi connectivity index (χ1n) is 7.53. The van der Waals surface area contributed by atoms with Crippen LogP contribution in [-0.2, 0) is 16.0 Å². The first kappa shape index (κ1) is 19.0. The zero-order chi connectivity index (χ0) is 18.4. The van der Waals surface area contributed by atoms with E-state index in [1.807, 2.05) is 30.3 Å². The minimum atomic E-state index is -0.807. The summed E-state index contributed by atoms with van der Waals surface area (Å²) in [4.78, 5) is 23.0. The van der Waals surface area contributed by atoms with Crippen LogP contribution in [0.15, 0.2) is 42.5 Å². The van der Waals surface area contributed by atoms with Crippen molar-refractivity contribution < 1.29 is 14.5 Å². The van der Waals surface area contributed by atoms with Gasteiger partial charge in [0.05, 0.1) is 21.6 Å². The van der Waals surface area contributed by atoms with E-state index in [0.29, 0.717) is 6.42 Å². The zero-order valence-corrected chi connectivity index (χ0v) is 14.9. The standard InChI is InChI=1S/C17H16Cl2N2O4/c1-2-25-17(22)15(8-11-6-4-3-5-7-11)20-14-9-12(18)13(19)10-16(14)21(23)24/h3-7,9-10,15,20H,2,8H2,1H3/t15-/m0/s1. The van der Waals surface area contributed by atoms with Gasteiger partial charge < -0.3 is 10.1 Å². The predicted molar refractivity (Wildman–Crippen MR) is 97.3 cm³/mol. The summed E-state index contributed by atoms with van der Waals surface area (Å²) in [6.45, 7) is 1.90. The predicted octanol–water partition coefficient (Wildman–Crippen LogP) is 4.49. The number of rotatable bonds is 7. The Balaban J connectivity index is 2.34. The van der Waals surface area contributed by atoms with Gasteiger partial charge in [-0.1, -0.05) is 53.5 Å². The average molecular weight is 383 g/mol. The highest BCUT2D eigenvalue weighted by Crippen LogP contribution is 2.34. The first-order chi connectivity index (χ1) is 11.9. The molecule has 0 heterocycles.